The van der Waals surface area contributed by atoms with E-state index in [-0.39, 0.29) is 49.2 Å². The number of benzene rings is 2. The zero-order valence-corrected chi connectivity index (χ0v) is 20.8. The molecular weight excluding hydrogens is 535 g/mol. The van der Waals surface area contributed by atoms with E-state index in [1.165, 1.54) is 43.1 Å². The fourth-order valence-corrected chi connectivity index (χ4v) is 4.67. The molecule has 6 nitrogen and oxygen atoms in total. The monoisotopic (exact) mass is 559 g/mol. The lowest BCUT2D eigenvalue weighted by Gasteiger charge is -2.25. The van der Waals surface area contributed by atoms with E-state index < -0.39 is 53.3 Å². The summed E-state index contributed by atoms with van der Waals surface area (Å²) in [6.45, 7) is 1.36. The second-order valence-corrected chi connectivity index (χ2v) is 9.49. The summed E-state index contributed by atoms with van der Waals surface area (Å²) in [7, 11) is 1.41. The molecule has 0 aliphatic carbocycles. The lowest BCUT2D eigenvalue weighted by molar-refractivity contribution is -0.143. The Morgan fingerprint density at radius 3 is 2.10 bits per heavy atom. The van der Waals surface area contributed by atoms with Crippen LogP contribution in [0.3, 0.4) is 0 Å². The Morgan fingerprint density at radius 1 is 0.974 bits per heavy atom. The number of carbonyl (C=O) groups is 2. The number of ether oxygens (including phenoxy) is 1. The number of hydrogen-bond acceptors (Lipinski definition) is 4. The number of hydrazone groups is 1. The number of alkyl halides is 6. The average Bonchev–Trinajstić information content (AvgIpc) is 3.28. The Hall–Kier alpha value is -3.48. The third-order valence-corrected chi connectivity index (χ3v) is 6.76. The van der Waals surface area contributed by atoms with Gasteiger partial charge in [-0.2, -0.15) is 31.4 Å². The van der Waals surface area contributed by atoms with E-state index in [1.807, 2.05) is 0 Å². The van der Waals surface area contributed by atoms with Gasteiger partial charge in [0, 0.05) is 38.9 Å². The first-order valence-corrected chi connectivity index (χ1v) is 12.0. The van der Waals surface area contributed by atoms with Gasteiger partial charge in [-0.05, 0) is 48.4 Å². The van der Waals surface area contributed by atoms with E-state index in [0.717, 1.165) is 5.01 Å². The van der Waals surface area contributed by atoms with Gasteiger partial charge in [0.2, 0.25) is 5.91 Å². The molecule has 4 rings (SSSR count). The summed E-state index contributed by atoms with van der Waals surface area (Å²) in [4.78, 5) is 26.3. The highest BCUT2D eigenvalue weighted by molar-refractivity contribution is 6.39. The molecule has 2 amide bonds. The quantitative estimate of drug-likeness (QED) is 0.452. The second kappa shape index (κ2) is 10.6. The van der Waals surface area contributed by atoms with Crippen molar-refractivity contribution in [1.29, 1.82) is 0 Å². The van der Waals surface area contributed by atoms with Gasteiger partial charge in [-0.25, -0.2) is 9.40 Å². The normalized spacial score (nSPS) is 21.3. The van der Waals surface area contributed by atoms with Crippen molar-refractivity contribution in [2.24, 2.45) is 5.10 Å². The average molecular weight is 559 g/mol. The summed E-state index contributed by atoms with van der Waals surface area (Å²) in [6, 6.07) is 6.61. The van der Waals surface area contributed by atoms with Crippen molar-refractivity contribution in [3.8, 4) is 0 Å². The zero-order chi connectivity index (χ0) is 28.7. The molecular formula is C26H24F7N3O3. The molecule has 1 fully saturated rings. The summed E-state index contributed by atoms with van der Waals surface area (Å²) in [5.74, 6) is -1.80. The Balaban J connectivity index is 1.63. The van der Waals surface area contributed by atoms with E-state index in [2.05, 4.69) is 5.10 Å². The van der Waals surface area contributed by atoms with Crippen LogP contribution in [0.5, 0.6) is 0 Å². The van der Waals surface area contributed by atoms with Crippen LogP contribution in [0.25, 0.3) is 0 Å². The Bertz CT molecular complexity index is 1240. The molecule has 2 aliphatic rings. The van der Waals surface area contributed by atoms with Crippen molar-refractivity contribution in [3.05, 3.63) is 70.5 Å². The van der Waals surface area contributed by atoms with Crippen LogP contribution in [0.1, 0.15) is 54.0 Å². The first-order chi connectivity index (χ1) is 18.1. The first-order valence-electron chi connectivity index (χ1n) is 12.0. The summed E-state index contributed by atoms with van der Waals surface area (Å²) < 4.78 is 99.8. The van der Waals surface area contributed by atoms with E-state index >= 15 is 0 Å². The maximum absolute atomic E-state index is 13.6. The SMILES string of the molecule is CC(OC1CN(C(=O)C2=NN(C)C(=O)CC2)CC1c1ccc(F)cc1)c1cc(C(F)(F)F)cc(C(F)(F)F)c1. The van der Waals surface area contributed by atoms with Crippen LogP contribution < -0.4 is 0 Å². The van der Waals surface area contributed by atoms with Gasteiger partial charge in [0.05, 0.1) is 23.3 Å². The number of likely N-dealkylation sites (tertiary alicyclic amines) is 1. The van der Waals surface area contributed by atoms with Gasteiger partial charge in [0.15, 0.2) is 0 Å². The minimum Gasteiger partial charge on any atom is -0.368 e. The summed E-state index contributed by atoms with van der Waals surface area (Å²) in [6.07, 6.45) is -11.9. The third-order valence-electron chi connectivity index (χ3n) is 6.76. The standard InChI is InChI=1S/C26H24F7N3O3/c1-14(16-9-17(25(28,29)30)11-18(10-16)26(31,32)33)39-22-13-36(12-20(22)15-3-5-19(27)6-4-15)24(38)21-7-8-23(37)35(2)34-21/h3-6,9-11,14,20,22H,7-8,12-13H2,1-2H3. The molecule has 3 atom stereocenters. The highest BCUT2D eigenvalue weighted by atomic mass is 19.4. The summed E-state index contributed by atoms with van der Waals surface area (Å²) >= 11 is 0. The van der Waals surface area contributed by atoms with Gasteiger partial charge >= 0.3 is 12.4 Å². The molecule has 2 aliphatic heterocycles. The predicted octanol–water partition coefficient (Wildman–Crippen LogP) is 5.54. The molecule has 3 unspecified atom stereocenters. The fraction of sp³-hybridized carbons (Fsp3) is 0.423. The zero-order valence-electron chi connectivity index (χ0n) is 20.8. The molecule has 2 aromatic carbocycles. The first kappa shape index (κ1) is 28.5. The number of carbonyl (C=O) groups excluding carboxylic acids is 2. The minimum atomic E-state index is -5.02. The molecule has 2 aromatic rings. The van der Waals surface area contributed by atoms with Gasteiger partial charge < -0.3 is 9.64 Å². The van der Waals surface area contributed by atoms with Crippen molar-refractivity contribution in [1.82, 2.24) is 9.91 Å². The van der Waals surface area contributed by atoms with Gasteiger partial charge in [0.1, 0.15) is 11.5 Å². The van der Waals surface area contributed by atoms with Crippen LogP contribution in [0.4, 0.5) is 30.7 Å². The molecule has 0 radical (unpaired) electrons. The number of hydrogen-bond donors (Lipinski definition) is 0. The lowest BCUT2D eigenvalue weighted by atomic mass is 9.95. The van der Waals surface area contributed by atoms with Crippen LogP contribution in [-0.2, 0) is 26.7 Å². The fourth-order valence-electron chi connectivity index (χ4n) is 4.67. The number of halogens is 7. The third kappa shape index (κ3) is 6.40. The number of amides is 2. The molecule has 13 heteroatoms. The van der Waals surface area contributed by atoms with Crippen LogP contribution in [-0.4, -0.2) is 53.7 Å². The van der Waals surface area contributed by atoms with Crippen molar-refractivity contribution in [2.45, 2.75) is 50.2 Å². The van der Waals surface area contributed by atoms with Crippen molar-refractivity contribution >= 4 is 17.5 Å². The molecule has 0 bridgehead atoms. The van der Waals surface area contributed by atoms with Crippen LogP contribution in [0.2, 0.25) is 0 Å². The largest absolute Gasteiger partial charge is 0.416 e. The Kier molecular flexibility index (Phi) is 7.75. The van der Waals surface area contributed by atoms with Crippen LogP contribution >= 0.6 is 0 Å². The number of nitrogens with zero attached hydrogens (tertiary/aromatic N) is 3. The maximum atomic E-state index is 13.6. The highest BCUT2D eigenvalue weighted by Crippen LogP contribution is 2.39. The molecule has 1 saturated heterocycles. The predicted molar refractivity (Wildman–Crippen MR) is 125 cm³/mol. The van der Waals surface area contributed by atoms with E-state index in [0.29, 0.717) is 17.7 Å². The Labute approximate surface area is 219 Å². The highest BCUT2D eigenvalue weighted by Gasteiger charge is 2.41. The van der Waals surface area contributed by atoms with Crippen LogP contribution in [0.15, 0.2) is 47.6 Å². The van der Waals surface area contributed by atoms with Crippen molar-refractivity contribution < 1.29 is 45.1 Å². The van der Waals surface area contributed by atoms with E-state index in [1.54, 1.807) is 0 Å². The summed E-state index contributed by atoms with van der Waals surface area (Å²) in [5.41, 5.74) is -2.56. The molecule has 0 saturated carbocycles. The van der Waals surface area contributed by atoms with Gasteiger partial charge in [0.25, 0.3) is 5.91 Å². The molecule has 0 aromatic heterocycles. The van der Waals surface area contributed by atoms with Gasteiger partial charge in [-0.3, -0.25) is 9.59 Å². The topological polar surface area (TPSA) is 62.2 Å². The molecule has 210 valence electrons. The van der Waals surface area contributed by atoms with E-state index in [9.17, 15) is 40.3 Å². The Morgan fingerprint density at radius 2 is 1.56 bits per heavy atom. The minimum absolute atomic E-state index is 0.0418. The van der Waals surface area contributed by atoms with Crippen molar-refractivity contribution in [2.75, 3.05) is 20.1 Å². The smallest absolute Gasteiger partial charge is 0.368 e. The number of rotatable bonds is 5. The molecule has 39 heavy (non-hydrogen) atoms. The van der Waals surface area contributed by atoms with Gasteiger partial charge in [-0.1, -0.05) is 12.1 Å². The second-order valence-electron chi connectivity index (χ2n) is 9.49. The molecule has 0 spiro atoms. The summed E-state index contributed by atoms with van der Waals surface area (Å²) in [5, 5.41) is 5.08. The van der Waals surface area contributed by atoms with Crippen LogP contribution in [0, 0.1) is 5.82 Å². The lowest BCUT2D eigenvalue weighted by Crippen LogP contribution is -2.40. The van der Waals surface area contributed by atoms with Crippen molar-refractivity contribution in [3.63, 3.8) is 0 Å². The molecule has 0 N–H and O–H groups in total. The van der Waals surface area contributed by atoms with E-state index in [4.69, 9.17) is 4.74 Å². The van der Waals surface area contributed by atoms with Gasteiger partial charge in [-0.15, -0.1) is 0 Å². The molecule has 2 heterocycles. The maximum Gasteiger partial charge on any atom is 0.416 e.